The Kier molecular flexibility index (Phi) is 4.80. The monoisotopic (exact) mass is 320 g/mol. The van der Waals surface area contributed by atoms with Crippen molar-refractivity contribution in [3.8, 4) is 0 Å². The number of sulfone groups is 1. The van der Waals surface area contributed by atoms with Gasteiger partial charge in [-0.2, -0.15) is 11.8 Å². The van der Waals surface area contributed by atoms with Crippen LogP contribution in [-0.2, 0) is 9.84 Å². The normalized spacial score (nSPS) is 35.9. The topological polar surface area (TPSA) is 63.4 Å². The molecular formula is C14H28N2O2S2. The zero-order valence-corrected chi connectivity index (χ0v) is 14.5. The molecule has 2 rings (SSSR count). The predicted molar refractivity (Wildman–Crippen MR) is 87.0 cm³/mol. The van der Waals surface area contributed by atoms with E-state index in [-0.39, 0.29) is 15.5 Å². The van der Waals surface area contributed by atoms with Crippen molar-refractivity contribution < 1.29 is 8.42 Å². The van der Waals surface area contributed by atoms with Gasteiger partial charge in [0.05, 0.1) is 5.25 Å². The van der Waals surface area contributed by atoms with Crippen LogP contribution in [0.5, 0.6) is 0 Å². The zero-order chi connectivity index (χ0) is 15.0. The Balaban J connectivity index is 2.26. The maximum Gasteiger partial charge on any atom is 0.152 e. The Bertz CT molecular complexity index is 450. The molecule has 4 nitrogen and oxygen atoms in total. The van der Waals surface area contributed by atoms with E-state index < -0.39 is 9.84 Å². The highest BCUT2D eigenvalue weighted by Crippen LogP contribution is 2.41. The van der Waals surface area contributed by atoms with Gasteiger partial charge < -0.3 is 5.73 Å². The molecule has 6 heteroatoms. The van der Waals surface area contributed by atoms with Gasteiger partial charge in [0.1, 0.15) is 0 Å². The van der Waals surface area contributed by atoms with Crippen LogP contribution < -0.4 is 5.73 Å². The second-order valence-corrected chi connectivity index (χ2v) is 10.9. The average molecular weight is 321 g/mol. The van der Waals surface area contributed by atoms with Gasteiger partial charge in [-0.1, -0.05) is 20.3 Å². The van der Waals surface area contributed by atoms with E-state index in [9.17, 15) is 8.42 Å². The van der Waals surface area contributed by atoms with Crippen molar-refractivity contribution in [2.75, 3.05) is 31.6 Å². The summed E-state index contributed by atoms with van der Waals surface area (Å²) in [6.45, 7) is 6.92. The lowest BCUT2D eigenvalue weighted by atomic mass is 9.93. The fraction of sp³-hybridized carbons (Fsp3) is 1.00. The van der Waals surface area contributed by atoms with E-state index in [0.717, 1.165) is 44.5 Å². The average Bonchev–Trinajstić information content (AvgIpc) is 2.70. The Labute approximate surface area is 127 Å². The fourth-order valence-corrected chi connectivity index (χ4v) is 6.68. The summed E-state index contributed by atoms with van der Waals surface area (Å²) in [6.07, 6.45) is 5.14. The minimum Gasteiger partial charge on any atom is -0.329 e. The third kappa shape index (κ3) is 3.18. The van der Waals surface area contributed by atoms with Crippen LogP contribution in [0.2, 0.25) is 0 Å². The van der Waals surface area contributed by atoms with Crippen LogP contribution in [0.3, 0.4) is 0 Å². The molecule has 118 valence electrons. The van der Waals surface area contributed by atoms with Gasteiger partial charge in [-0.05, 0) is 19.3 Å². The number of hydrogen-bond acceptors (Lipinski definition) is 5. The maximum atomic E-state index is 12.2. The SMILES string of the molecule is CC1(C)CCN(C2(CN)CCCC2S(C)(=O)=O)CCS1. The molecule has 1 saturated heterocycles. The summed E-state index contributed by atoms with van der Waals surface area (Å²) in [6, 6.07) is 0. The van der Waals surface area contributed by atoms with Gasteiger partial charge in [0, 0.05) is 41.9 Å². The van der Waals surface area contributed by atoms with Crippen LogP contribution in [0.4, 0.5) is 0 Å². The predicted octanol–water partition coefficient (Wildman–Crippen LogP) is 1.50. The lowest BCUT2D eigenvalue weighted by Gasteiger charge is -2.44. The molecular weight excluding hydrogens is 292 g/mol. The first-order chi connectivity index (χ1) is 9.21. The van der Waals surface area contributed by atoms with Crippen molar-refractivity contribution in [2.45, 2.75) is 55.1 Å². The van der Waals surface area contributed by atoms with Gasteiger partial charge in [0.15, 0.2) is 9.84 Å². The smallest absolute Gasteiger partial charge is 0.152 e. The van der Waals surface area contributed by atoms with E-state index in [2.05, 4.69) is 18.7 Å². The Morgan fingerprint density at radius 3 is 2.60 bits per heavy atom. The van der Waals surface area contributed by atoms with Gasteiger partial charge in [-0.15, -0.1) is 0 Å². The summed E-state index contributed by atoms with van der Waals surface area (Å²) in [5, 5.41) is -0.286. The lowest BCUT2D eigenvalue weighted by Crippen LogP contribution is -2.61. The molecule has 0 amide bonds. The number of nitrogens with two attached hydrogens (primary N) is 1. The van der Waals surface area contributed by atoms with Gasteiger partial charge in [-0.3, -0.25) is 4.90 Å². The van der Waals surface area contributed by atoms with Gasteiger partial charge in [0.2, 0.25) is 0 Å². The summed E-state index contributed by atoms with van der Waals surface area (Å²) in [5.74, 6) is 1.06. The third-order valence-electron chi connectivity index (χ3n) is 5.01. The van der Waals surface area contributed by atoms with E-state index in [4.69, 9.17) is 5.73 Å². The second kappa shape index (κ2) is 5.78. The Morgan fingerprint density at radius 2 is 2.00 bits per heavy atom. The largest absolute Gasteiger partial charge is 0.329 e. The standard InChI is InChI=1S/C14H28N2O2S2/c1-13(2)7-8-16(9-10-19-13)14(11-15)6-4-5-12(14)20(3,17)18/h12H,4-11,15H2,1-3H3. The summed E-state index contributed by atoms with van der Waals surface area (Å²) < 4.78 is 24.6. The molecule has 2 unspecified atom stereocenters. The molecule has 1 saturated carbocycles. The molecule has 0 aromatic carbocycles. The van der Waals surface area contributed by atoms with Crippen molar-refractivity contribution in [2.24, 2.45) is 5.73 Å². The molecule has 1 aliphatic carbocycles. The first-order valence-electron chi connectivity index (χ1n) is 7.49. The minimum atomic E-state index is -3.04. The highest BCUT2D eigenvalue weighted by Gasteiger charge is 2.51. The number of hydrogen-bond donors (Lipinski definition) is 1. The van der Waals surface area contributed by atoms with Crippen LogP contribution in [0.15, 0.2) is 0 Å². The molecule has 0 spiro atoms. The fourth-order valence-electron chi connectivity index (χ4n) is 3.83. The Hall–Kier alpha value is 0.220. The highest BCUT2D eigenvalue weighted by molar-refractivity contribution is 8.00. The number of nitrogens with zero attached hydrogens (tertiary/aromatic N) is 1. The summed E-state index contributed by atoms with van der Waals surface area (Å²) in [5.41, 5.74) is 5.77. The highest BCUT2D eigenvalue weighted by atomic mass is 32.2. The van der Waals surface area contributed by atoms with Crippen LogP contribution in [0, 0.1) is 0 Å². The lowest BCUT2D eigenvalue weighted by molar-refractivity contribution is 0.108. The van der Waals surface area contributed by atoms with Gasteiger partial charge in [0.25, 0.3) is 0 Å². The van der Waals surface area contributed by atoms with Crippen molar-refractivity contribution in [3.63, 3.8) is 0 Å². The molecule has 2 N–H and O–H groups in total. The van der Waals surface area contributed by atoms with E-state index in [1.165, 1.54) is 6.26 Å². The molecule has 0 aromatic heterocycles. The maximum absolute atomic E-state index is 12.2. The van der Waals surface area contributed by atoms with E-state index >= 15 is 0 Å². The van der Waals surface area contributed by atoms with E-state index in [0.29, 0.717) is 6.54 Å². The molecule has 0 radical (unpaired) electrons. The van der Waals surface area contributed by atoms with Crippen LogP contribution in [-0.4, -0.2) is 60.5 Å². The van der Waals surface area contributed by atoms with Gasteiger partial charge >= 0.3 is 0 Å². The molecule has 2 fully saturated rings. The molecule has 2 aliphatic rings. The van der Waals surface area contributed by atoms with E-state index in [1.807, 2.05) is 11.8 Å². The summed E-state index contributed by atoms with van der Waals surface area (Å²) in [7, 11) is -3.04. The molecule has 1 aliphatic heterocycles. The molecule has 2 atom stereocenters. The quantitative estimate of drug-likeness (QED) is 0.854. The summed E-state index contributed by atoms with van der Waals surface area (Å²) in [4.78, 5) is 2.40. The molecule has 1 heterocycles. The van der Waals surface area contributed by atoms with Crippen LogP contribution >= 0.6 is 11.8 Å². The van der Waals surface area contributed by atoms with Crippen molar-refractivity contribution in [1.29, 1.82) is 0 Å². The van der Waals surface area contributed by atoms with Crippen LogP contribution in [0.25, 0.3) is 0 Å². The zero-order valence-electron chi connectivity index (χ0n) is 12.9. The number of rotatable bonds is 3. The second-order valence-electron chi connectivity index (χ2n) is 6.86. The first kappa shape index (κ1) is 16.6. The third-order valence-corrected chi connectivity index (χ3v) is 8.09. The van der Waals surface area contributed by atoms with Crippen molar-refractivity contribution in [3.05, 3.63) is 0 Å². The van der Waals surface area contributed by atoms with E-state index in [1.54, 1.807) is 0 Å². The van der Waals surface area contributed by atoms with Crippen LogP contribution in [0.1, 0.15) is 39.5 Å². The summed E-state index contributed by atoms with van der Waals surface area (Å²) >= 11 is 1.99. The Morgan fingerprint density at radius 1 is 1.30 bits per heavy atom. The van der Waals surface area contributed by atoms with Gasteiger partial charge in [-0.25, -0.2) is 8.42 Å². The molecule has 20 heavy (non-hydrogen) atoms. The molecule has 0 bridgehead atoms. The molecule has 0 aromatic rings. The van der Waals surface area contributed by atoms with Crippen molar-refractivity contribution >= 4 is 21.6 Å². The minimum absolute atomic E-state index is 0.281. The van der Waals surface area contributed by atoms with Crippen molar-refractivity contribution in [1.82, 2.24) is 4.90 Å². The first-order valence-corrected chi connectivity index (χ1v) is 10.4. The number of thioether (sulfide) groups is 1.